The van der Waals surface area contributed by atoms with Crippen molar-refractivity contribution < 1.29 is 9.84 Å². The van der Waals surface area contributed by atoms with Crippen LogP contribution in [0.5, 0.6) is 0 Å². The third-order valence-corrected chi connectivity index (χ3v) is 11.2. The Morgan fingerprint density at radius 3 is 2.71 bits per heavy atom. The minimum atomic E-state index is -0.120. The second kappa shape index (κ2) is 7.09. The molecule has 2 bridgehead atoms. The van der Waals surface area contributed by atoms with E-state index in [1.54, 1.807) is 5.57 Å². The molecule has 3 nitrogen and oxygen atoms in total. The molecule has 0 amide bonds. The van der Waals surface area contributed by atoms with Gasteiger partial charge in [-0.15, -0.1) is 0 Å². The Bertz CT molecular complexity index is 1270. The van der Waals surface area contributed by atoms with Crippen LogP contribution in [-0.2, 0) is 4.74 Å². The molecule has 3 heteroatoms. The monoisotopic (exact) mass is 467 g/mol. The Hall–Kier alpha value is -1.94. The van der Waals surface area contributed by atoms with Gasteiger partial charge in [-0.3, -0.25) is 4.90 Å². The maximum atomic E-state index is 9.88. The van der Waals surface area contributed by atoms with Crippen molar-refractivity contribution in [2.45, 2.75) is 87.6 Å². The highest BCUT2D eigenvalue weighted by Gasteiger charge is 2.66. The molecule has 3 aliphatic carbocycles. The van der Waals surface area contributed by atoms with Crippen molar-refractivity contribution in [1.29, 1.82) is 0 Å². The summed E-state index contributed by atoms with van der Waals surface area (Å²) >= 11 is 0. The lowest BCUT2D eigenvalue weighted by molar-refractivity contribution is -0.147. The quantitative estimate of drug-likeness (QED) is 0.577. The number of nitrogens with zero attached hydrogens (tertiary/aromatic N) is 1. The van der Waals surface area contributed by atoms with Crippen LogP contribution < -0.4 is 0 Å². The van der Waals surface area contributed by atoms with Crippen LogP contribution in [-0.4, -0.2) is 46.4 Å². The summed E-state index contributed by atoms with van der Waals surface area (Å²) in [5, 5.41) is 12.6. The van der Waals surface area contributed by atoms with Gasteiger partial charge in [-0.05, 0) is 96.1 Å². The lowest BCUT2D eigenvalue weighted by Crippen LogP contribution is -2.60. The van der Waals surface area contributed by atoms with Crippen molar-refractivity contribution in [3.8, 4) is 0 Å². The first-order valence-corrected chi connectivity index (χ1v) is 14.0. The van der Waals surface area contributed by atoms with Crippen LogP contribution >= 0.6 is 0 Å². The Kier molecular flexibility index (Phi) is 4.29. The number of allylic oxidation sites excluding steroid dienone is 1. The van der Waals surface area contributed by atoms with Gasteiger partial charge in [0.25, 0.3) is 0 Å². The van der Waals surface area contributed by atoms with Crippen molar-refractivity contribution in [2.24, 2.45) is 11.3 Å². The van der Waals surface area contributed by atoms with Crippen molar-refractivity contribution in [3.05, 3.63) is 71.3 Å². The second-order valence-electron chi connectivity index (χ2n) is 12.8. The summed E-state index contributed by atoms with van der Waals surface area (Å²) in [5.41, 5.74) is 4.72. The molecule has 1 N–H and O–H groups in total. The fourth-order valence-corrected chi connectivity index (χ4v) is 9.45. The van der Waals surface area contributed by atoms with Crippen molar-refractivity contribution in [3.63, 3.8) is 0 Å². The number of β-amino-alcohol motifs (C(OH)–C–C–N with tert-alkyl or cyclic N) is 1. The highest BCUT2D eigenvalue weighted by atomic mass is 16.5. The minimum absolute atomic E-state index is 0.0555. The van der Waals surface area contributed by atoms with E-state index >= 15 is 0 Å². The van der Waals surface area contributed by atoms with E-state index in [0.717, 1.165) is 25.9 Å². The number of likely N-dealkylation sites (tertiary alicyclic amines) is 1. The van der Waals surface area contributed by atoms with E-state index in [-0.39, 0.29) is 22.7 Å². The first-order chi connectivity index (χ1) is 17.0. The minimum Gasteiger partial charge on any atom is -0.390 e. The lowest BCUT2D eigenvalue weighted by Gasteiger charge is -2.55. The number of benzene rings is 2. The molecule has 182 valence electrons. The van der Waals surface area contributed by atoms with Crippen LogP contribution in [0.25, 0.3) is 10.8 Å². The molecule has 8 rings (SSSR count). The summed E-state index contributed by atoms with van der Waals surface area (Å²) < 4.78 is 7.46. The van der Waals surface area contributed by atoms with E-state index in [2.05, 4.69) is 66.4 Å². The van der Waals surface area contributed by atoms with Gasteiger partial charge in [-0.2, -0.15) is 0 Å². The Labute approximate surface area is 208 Å². The summed E-state index contributed by atoms with van der Waals surface area (Å²) in [6.45, 7) is 4.28. The molecule has 6 atom stereocenters. The highest BCUT2D eigenvalue weighted by molar-refractivity contribution is 5.83. The van der Waals surface area contributed by atoms with Gasteiger partial charge in [0, 0.05) is 19.1 Å². The van der Waals surface area contributed by atoms with Crippen molar-refractivity contribution in [2.75, 3.05) is 13.1 Å². The smallest absolute Gasteiger partial charge is 0.0974 e. The predicted molar refractivity (Wildman–Crippen MR) is 139 cm³/mol. The lowest BCUT2D eigenvalue weighted by atomic mass is 9.58. The average molecular weight is 468 g/mol. The fourth-order valence-electron chi connectivity index (χ4n) is 9.45. The molecule has 35 heavy (non-hydrogen) atoms. The average Bonchev–Trinajstić information content (AvgIpc) is 3.36. The zero-order chi connectivity index (χ0) is 23.4. The highest BCUT2D eigenvalue weighted by Crippen LogP contribution is 2.69. The fraction of sp³-hybridized carbons (Fsp3) is 0.562. The number of ether oxygens (including phenoxy) is 1. The molecule has 2 saturated heterocycles. The Morgan fingerprint density at radius 1 is 1.00 bits per heavy atom. The molecule has 3 aliphatic heterocycles. The van der Waals surface area contributed by atoms with Gasteiger partial charge in [-0.1, -0.05) is 61.5 Å². The normalized spacial score (nSPS) is 42.6. The summed E-state index contributed by atoms with van der Waals surface area (Å²) in [7, 11) is 0. The van der Waals surface area contributed by atoms with Crippen LogP contribution in [0.4, 0.5) is 0 Å². The maximum absolute atomic E-state index is 9.88. The number of fused-ring (bicyclic) bond motifs is 2. The van der Waals surface area contributed by atoms with Gasteiger partial charge >= 0.3 is 0 Å². The van der Waals surface area contributed by atoms with Gasteiger partial charge in [0.05, 0.1) is 17.3 Å². The van der Waals surface area contributed by atoms with Gasteiger partial charge < -0.3 is 9.84 Å². The SMILES string of the molecule is C[C@]12CC=C3C=C4CC[C@H](N5CC(O)C5)CC45CC[C@]3(O5)[C@@H]1CC[C@@H]2c1ccc2ccccc2c1. The molecule has 0 aromatic heterocycles. The number of hydrogen-bond acceptors (Lipinski definition) is 3. The Morgan fingerprint density at radius 2 is 1.86 bits per heavy atom. The van der Waals surface area contributed by atoms with Crippen LogP contribution in [0.1, 0.15) is 69.8 Å². The van der Waals surface area contributed by atoms with E-state index in [1.807, 2.05) is 0 Å². The third kappa shape index (κ3) is 2.78. The van der Waals surface area contributed by atoms with Gasteiger partial charge in [0.2, 0.25) is 0 Å². The zero-order valence-electron chi connectivity index (χ0n) is 20.9. The molecule has 2 spiro atoms. The maximum Gasteiger partial charge on any atom is 0.0974 e. The Balaban J connectivity index is 1.14. The van der Waals surface area contributed by atoms with Crippen LogP contribution in [0.3, 0.4) is 0 Å². The molecular formula is C32H37NO2. The summed E-state index contributed by atoms with van der Waals surface area (Å²) in [5.74, 6) is 1.19. The van der Waals surface area contributed by atoms with Crippen LogP contribution in [0.2, 0.25) is 0 Å². The molecule has 1 unspecified atom stereocenters. The van der Waals surface area contributed by atoms with Crippen LogP contribution in [0, 0.1) is 11.3 Å². The first kappa shape index (κ1) is 21.2. The third-order valence-electron chi connectivity index (χ3n) is 11.2. The van der Waals surface area contributed by atoms with E-state index in [1.165, 1.54) is 60.4 Å². The summed E-state index contributed by atoms with van der Waals surface area (Å²) in [4.78, 5) is 2.51. The van der Waals surface area contributed by atoms with E-state index < -0.39 is 0 Å². The van der Waals surface area contributed by atoms with Crippen molar-refractivity contribution in [1.82, 2.24) is 4.90 Å². The first-order valence-electron chi connectivity index (χ1n) is 14.0. The van der Waals surface area contributed by atoms with Gasteiger partial charge in [-0.25, -0.2) is 0 Å². The molecule has 2 saturated carbocycles. The second-order valence-corrected chi connectivity index (χ2v) is 12.8. The molecule has 2 aromatic carbocycles. The molecule has 3 heterocycles. The number of aliphatic hydroxyl groups is 1. The molecule has 4 fully saturated rings. The predicted octanol–water partition coefficient (Wildman–Crippen LogP) is 6.13. The van der Waals surface area contributed by atoms with Gasteiger partial charge in [0.1, 0.15) is 0 Å². The van der Waals surface area contributed by atoms with E-state index in [0.29, 0.717) is 17.9 Å². The van der Waals surface area contributed by atoms with E-state index in [4.69, 9.17) is 4.74 Å². The zero-order valence-corrected chi connectivity index (χ0v) is 20.9. The summed E-state index contributed by atoms with van der Waals surface area (Å²) in [6.07, 6.45) is 14.6. The van der Waals surface area contributed by atoms with Gasteiger partial charge in [0.15, 0.2) is 0 Å². The standard InChI is InChI=1S/C32H37NO2/c1-30-13-12-25-17-24-8-9-26(33-19-27(34)20-33)18-31(24)14-15-32(25,35-31)29(30)11-10-28(30)23-7-6-21-4-2-3-5-22(21)16-23/h2-7,12,16-17,26-29,34H,8-11,13-15,18-20H2,1H3/t26-,28+,29+,30+,31?,32+/m0/s1. The van der Waals surface area contributed by atoms with Crippen molar-refractivity contribution >= 4 is 10.8 Å². The topological polar surface area (TPSA) is 32.7 Å². The van der Waals surface area contributed by atoms with Crippen LogP contribution in [0.15, 0.2) is 65.8 Å². The number of rotatable bonds is 2. The molecule has 2 aromatic rings. The summed E-state index contributed by atoms with van der Waals surface area (Å²) in [6, 6.07) is 16.6. The number of aliphatic hydroxyl groups excluding tert-OH is 1. The number of hydrogen-bond donors (Lipinski definition) is 1. The molecule has 6 aliphatic rings. The largest absolute Gasteiger partial charge is 0.390 e. The van der Waals surface area contributed by atoms with E-state index in [9.17, 15) is 5.11 Å². The molecular weight excluding hydrogens is 430 g/mol. The molecule has 0 radical (unpaired) electrons.